The first kappa shape index (κ1) is 17.3. The van der Waals surface area contributed by atoms with Gasteiger partial charge in [-0.15, -0.1) is 0 Å². The van der Waals surface area contributed by atoms with E-state index < -0.39 is 10.0 Å². The Labute approximate surface area is 145 Å². The van der Waals surface area contributed by atoms with Crippen LogP contribution in [0.1, 0.15) is 25.3 Å². The van der Waals surface area contributed by atoms with Crippen LogP contribution in [0.25, 0.3) is 10.2 Å². The molecule has 24 heavy (non-hydrogen) atoms. The third kappa shape index (κ3) is 3.60. The summed E-state index contributed by atoms with van der Waals surface area (Å²) in [4.78, 5) is 16.9. The van der Waals surface area contributed by atoms with Crippen LogP contribution in [0.2, 0.25) is 0 Å². The number of anilines is 1. The van der Waals surface area contributed by atoms with Gasteiger partial charge in [0.15, 0.2) is 5.13 Å². The fourth-order valence-corrected chi connectivity index (χ4v) is 4.97. The van der Waals surface area contributed by atoms with E-state index in [0.29, 0.717) is 31.1 Å². The van der Waals surface area contributed by atoms with Crippen molar-refractivity contribution in [3.63, 3.8) is 0 Å². The van der Waals surface area contributed by atoms with E-state index in [-0.39, 0.29) is 17.6 Å². The molecule has 8 heteroatoms. The highest BCUT2D eigenvalue weighted by atomic mass is 32.2. The molecule has 1 aliphatic heterocycles. The maximum Gasteiger partial charge on any atom is 0.229 e. The van der Waals surface area contributed by atoms with E-state index in [4.69, 9.17) is 0 Å². The van der Waals surface area contributed by atoms with E-state index in [9.17, 15) is 13.2 Å². The van der Waals surface area contributed by atoms with Crippen molar-refractivity contribution in [2.45, 2.75) is 26.7 Å². The van der Waals surface area contributed by atoms with Gasteiger partial charge in [-0.05, 0) is 44.4 Å². The summed E-state index contributed by atoms with van der Waals surface area (Å²) in [7, 11) is -3.16. The van der Waals surface area contributed by atoms with Crippen LogP contribution in [-0.2, 0) is 14.8 Å². The number of hydrogen-bond donors (Lipinski definition) is 1. The molecule has 1 fully saturated rings. The van der Waals surface area contributed by atoms with Crippen molar-refractivity contribution in [1.29, 1.82) is 0 Å². The summed E-state index contributed by atoms with van der Waals surface area (Å²) in [6.07, 6.45) is 1.10. The predicted molar refractivity (Wildman–Crippen MR) is 96.7 cm³/mol. The van der Waals surface area contributed by atoms with Crippen molar-refractivity contribution in [1.82, 2.24) is 9.29 Å². The largest absolute Gasteiger partial charge is 0.302 e. The van der Waals surface area contributed by atoms with E-state index in [0.717, 1.165) is 15.8 Å². The third-order valence-electron chi connectivity index (χ3n) is 4.36. The van der Waals surface area contributed by atoms with Crippen molar-refractivity contribution in [3.05, 3.63) is 23.8 Å². The Morgan fingerprint density at radius 2 is 2.08 bits per heavy atom. The molecule has 0 radical (unpaired) electrons. The maximum atomic E-state index is 12.4. The molecule has 2 aromatic rings. The van der Waals surface area contributed by atoms with Crippen molar-refractivity contribution in [3.8, 4) is 0 Å². The lowest BCUT2D eigenvalue weighted by Gasteiger charge is -2.30. The number of sulfonamides is 1. The molecule has 0 spiro atoms. The summed E-state index contributed by atoms with van der Waals surface area (Å²) >= 11 is 1.46. The topological polar surface area (TPSA) is 79.4 Å². The number of aromatic nitrogens is 1. The zero-order chi connectivity index (χ0) is 17.3. The summed E-state index contributed by atoms with van der Waals surface area (Å²) in [6.45, 7) is 4.49. The van der Waals surface area contributed by atoms with Crippen LogP contribution >= 0.6 is 11.3 Å². The molecule has 3 rings (SSSR count). The van der Waals surface area contributed by atoms with Crippen molar-refractivity contribution in [2.24, 2.45) is 5.92 Å². The fourth-order valence-electron chi connectivity index (χ4n) is 2.87. The number of carbonyl (C=O) groups excluding carboxylic acids is 1. The summed E-state index contributed by atoms with van der Waals surface area (Å²) in [5.41, 5.74) is 2.04. The zero-order valence-corrected chi connectivity index (χ0v) is 15.4. The van der Waals surface area contributed by atoms with Gasteiger partial charge in [-0.3, -0.25) is 4.79 Å². The molecule has 1 aromatic carbocycles. The second kappa shape index (κ2) is 6.78. The Kier molecular flexibility index (Phi) is 4.89. The minimum Gasteiger partial charge on any atom is -0.302 e. The number of rotatable bonds is 4. The van der Waals surface area contributed by atoms with Gasteiger partial charge >= 0.3 is 0 Å². The van der Waals surface area contributed by atoms with Crippen LogP contribution in [0.4, 0.5) is 5.13 Å². The van der Waals surface area contributed by atoms with Gasteiger partial charge in [-0.25, -0.2) is 17.7 Å². The summed E-state index contributed by atoms with van der Waals surface area (Å²) in [5.74, 6) is -0.129. The summed E-state index contributed by atoms with van der Waals surface area (Å²) < 4.78 is 26.3. The van der Waals surface area contributed by atoms with Crippen LogP contribution in [0, 0.1) is 12.8 Å². The summed E-state index contributed by atoms with van der Waals surface area (Å²) in [5, 5.41) is 3.49. The molecule has 1 amide bonds. The van der Waals surface area contributed by atoms with Gasteiger partial charge in [-0.1, -0.05) is 17.4 Å². The average molecular weight is 367 g/mol. The number of hydrogen-bond acceptors (Lipinski definition) is 5. The number of piperidine rings is 1. The molecule has 0 atom stereocenters. The van der Waals surface area contributed by atoms with Crippen LogP contribution in [0.15, 0.2) is 18.2 Å². The van der Waals surface area contributed by atoms with Crippen LogP contribution in [-0.4, -0.2) is 42.5 Å². The van der Waals surface area contributed by atoms with Crippen molar-refractivity contribution < 1.29 is 13.2 Å². The first-order valence-electron chi connectivity index (χ1n) is 8.05. The number of benzene rings is 1. The van der Waals surface area contributed by atoms with Gasteiger partial charge in [-0.2, -0.15) is 0 Å². The standard InChI is InChI=1S/C16H21N3O3S2/c1-3-24(21,22)19-8-6-12(7-9-19)15(20)18-16-17-13-5-4-11(2)10-14(13)23-16/h4-5,10,12H,3,6-9H2,1-2H3,(H,17,18,20). The highest BCUT2D eigenvalue weighted by molar-refractivity contribution is 7.89. The minimum absolute atomic E-state index is 0.0701. The predicted octanol–water partition coefficient (Wildman–Crippen LogP) is 2.60. The molecule has 6 nitrogen and oxygen atoms in total. The first-order valence-corrected chi connectivity index (χ1v) is 10.5. The van der Waals surface area contributed by atoms with E-state index in [1.807, 2.05) is 19.1 Å². The molecule has 0 bridgehead atoms. The molecule has 0 saturated carbocycles. The normalized spacial score (nSPS) is 17.2. The lowest BCUT2D eigenvalue weighted by atomic mass is 9.97. The van der Waals surface area contributed by atoms with Crippen molar-refractivity contribution in [2.75, 3.05) is 24.2 Å². The number of thiazole rings is 1. The second-order valence-electron chi connectivity index (χ2n) is 6.05. The Morgan fingerprint density at radius 1 is 1.38 bits per heavy atom. The molecule has 1 N–H and O–H groups in total. The number of nitrogens with one attached hydrogen (secondary N) is 1. The van der Waals surface area contributed by atoms with E-state index >= 15 is 0 Å². The summed E-state index contributed by atoms with van der Waals surface area (Å²) in [6, 6.07) is 6.00. The van der Waals surface area contributed by atoms with Crippen LogP contribution in [0.3, 0.4) is 0 Å². The van der Waals surface area contributed by atoms with Gasteiger partial charge in [0.25, 0.3) is 0 Å². The Bertz CT molecular complexity index is 853. The lowest BCUT2D eigenvalue weighted by Crippen LogP contribution is -2.42. The van der Waals surface area contributed by atoms with Gasteiger partial charge in [0.2, 0.25) is 15.9 Å². The highest BCUT2D eigenvalue weighted by Crippen LogP contribution is 2.28. The number of fused-ring (bicyclic) bond motifs is 1. The molecule has 2 heterocycles. The average Bonchev–Trinajstić information content (AvgIpc) is 2.96. The molecule has 0 aliphatic carbocycles. The number of nitrogens with zero attached hydrogens (tertiary/aromatic N) is 2. The first-order chi connectivity index (χ1) is 11.4. The number of carbonyl (C=O) groups is 1. The second-order valence-corrected chi connectivity index (χ2v) is 9.34. The van der Waals surface area contributed by atoms with Crippen LogP contribution in [0.5, 0.6) is 0 Å². The zero-order valence-electron chi connectivity index (χ0n) is 13.8. The van der Waals surface area contributed by atoms with E-state index in [1.165, 1.54) is 15.6 Å². The fraction of sp³-hybridized carbons (Fsp3) is 0.500. The van der Waals surface area contributed by atoms with E-state index in [2.05, 4.69) is 16.4 Å². The Hall–Kier alpha value is -1.51. The molecule has 1 aromatic heterocycles. The third-order valence-corrected chi connectivity index (χ3v) is 7.17. The smallest absolute Gasteiger partial charge is 0.229 e. The Morgan fingerprint density at radius 3 is 2.75 bits per heavy atom. The van der Waals surface area contributed by atoms with Crippen molar-refractivity contribution >= 4 is 42.6 Å². The van der Waals surface area contributed by atoms with E-state index in [1.54, 1.807) is 6.92 Å². The van der Waals surface area contributed by atoms with Gasteiger partial charge < -0.3 is 5.32 Å². The monoisotopic (exact) mass is 367 g/mol. The maximum absolute atomic E-state index is 12.4. The highest BCUT2D eigenvalue weighted by Gasteiger charge is 2.30. The SMILES string of the molecule is CCS(=O)(=O)N1CCC(C(=O)Nc2nc3ccc(C)cc3s2)CC1. The molecule has 1 saturated heterocycles. The molecule has 1 aliphatic rings. The van der Waals surface area contributed by atoms with Crippen LogP contribution < -0.4 is 5.32 Å². The van der Waals surface area contributed by atoms with Gasteiger partial charge in [0, 0.05) is 19.0 Å². The molecule has 0 unspecified atom stereocenters. The van der Waals surface area contributed by atoms with Gasteiger partial charge in [0.1, 0.15) is 0 Å². The van der Waals surface area contributed by atoms with Gasteiger partial charge in [0.05, 0.1) is 16.0 Å². The number of amides is 1. The molecule has 130 valence electrons. The Balaban J connectivity index is 1.63. The molecular formula is C16H21N3O3S2. The minimum atomic E-state index is -3.16. The number of aryl methyl sites for hydroxylation is 1. The lowest BCUT2D eigenvalue weighted by molar-refractivity contribution is -0.120. The quantitative estimate of drug-likeness (QED) is 0.901. The molecular weight excluding hydrogens is 346 g/mol.